The molecule has 2 heterocycles. The Morgan fingerprint density at radius 3 is 2.52 bits per heavy atom. The predicted molar refractivity (Wildman–Crippen MR) is 111 cm³/mol. The zero-order valence-electron chi connectivity index (χ0n) is 16.6. The maximum atomic E-state index is 12.3. The largest absolute Gasteiger partial charge is 0.481 e. The molecular weight excluding hydrogens is 406 g/mol. The summed E-state index contributed by atoms with van der Waals surface area (Å²) in [5, 5.41) is 20.2. The number of amides is 1. The molecule has 0 aliphatic carbocycles. The van der Waals surface area contributed by atoms with Crippen LogP contribution in [0.4, 0.5) is 5.95 Å². The lowest BCUT2D eigenvalue weighted by Crippen LogP contribution is -2.41. The number of aryl methyl sites for hydroxylation is 1. The number of fused-ring (bicyclic) bond motifs is 1. The minimum atomic E-state index is -1.30. The summed E-state index contributed by atoms with van der Waals surface area (Å²) in [5.74, 6) is -3.04. The number of carboxylic acids is 2. The first-order valence-electron chi connectivity index (χ1n) is 9.35. The van der Waals surface area contributed by atoms with Gasteiger partial charge in [0.2, 0.25) is 5.95 Å². The van der Waals surface area contributed by atoms with Gasteiger partial charge in [0.25, 0.3) is 11.5 Å². The molecular formula is C20H21N5O6. The summed E-state index contributed by atoms with van der Waals surface area (Å²) in [4.78, 5) is 53.1. The summed E-state index contributed by atoms with van der Waals surface area (Å²) < 4.78 is 1.78. The van der Waals surface area contributed by atoms with E-state index in [1.165, 1.54) is 12.1 Å². The maximum absolute atomic E-state index is 12.3. The van der Waals surface area contributed by atoms with Crippen LogP contribution in [0.2, 0.25) is 0 Å². The van der Waals surface area contributed by atoms with Crippen molar-refractivity contribution in [2.24, 2.45) is 0 Å². The maximum Gasteiger partial charge on any atom is 0.326 e. The van der Waals surface area contributed by atoms with Crippen LogP contribution >= 0.6 is 0 Å². The Balaban J connectivity index is 1.76. The Labute approximate surface area is 175 Å². The van der Waals surface area contributed by atoms with Gasteiger partial charge in [0.15, 0.2) is 0 Å². The molecule has 0 aliphatic heterocycles. The Morgan fingerprint density at radius 2 is 1.90 bits per heavy atom. The third-order valence-corrected chi connectivity index (χ3v) is 4.79. The molecule has 1 aromatic carbocycles. The number of H-pyrrole nitrogens is 1. The first-order valence-corrected chi connectivity index (χ1v) is 9.35. The van der Waals surface area contributed by atoms with Crippen LogP contribution in [-0.4, -0.2) is 48.6 Å². The second kappa shape index (κ2) is 8.69. The number of carbonyl (C=O) groups excluding carboxylic acids is 1. The fraction of sp³-hybridized carbons (Fsp3) is 0.250. The van der Waals surface area contributed by atoms with Gasteiger partial charge in [-0.15, -0.1) is 0 Å². The lowest BCUT2D eigenvalue weighted by molar-refractivity contribution is -0.140. The lowest BCUT2D eigenvalue weighted by Gasteiger charge is -2.14. The zero-order chi connectivity index (χ0) is 22.7. The molecule has 1 amide bonds. The van der Waals surface area contributed by atoms with Crippen LogP contribution in [0, 0.1) is 6.92 Å². The SMILES string of the molecule is Cc1cc2nc(N)[nH]c(=O)c2n1Cc1ccc(C(=O)NC(CCC(=O)O)C(=O)O)cc1. The Kier molecular flexibility index (Phi) is 6.05. The van der Waals surface area contributed by atoms with Gasteiger partial charge in [-0.1, -0.05) is 12.1 Å². The molecule has 11 nitrogen and oxygen atoms in total. The van der Waals surface area contributed by atoms with Gasteiger partial charge >= 0.3 is 11.9 Å². The number of nitrogens with zero attached hydrogens (tertiary/aromatic N) is 2. The summed E-state index contributed by atoms with van der Waals surface area (Å²) >= 11 is 0. The summed E-state index contributed by atoms with van der Waals surface area (Å²) in [5.41, 5.74) is 7.94. The van der Waals surface area contributed by atoms with E-state index in [-0.39, 0.29) is 29.9 Å². The lowest BCUT2D eigenvalue weighted by atomic mass is 10.1. The van der Waals surface area contributed by atoms with Crippen molar-refractivity contribution in [1.82, 2.24) is 19.9 Å². The minimum Gasteiger partial charge on any atom is -0.481 e. The molecule has 2 aromatic heterocycles. The Morgan fingerprint density at radius 1 is 1.23 bits per heavy atom. The van der Waals surface area contributed by atoms with E-state index in [0.29, 0.717) is 17.6 Å². The molecule has 0 radical (unpaired) electrons. The summed E-state index contributed by atoms with van der Waals surface area (Å²) in [6, 6.07) is 6.89. The van der Waals surface area contributed by atoms with Crippen molar-refractivity contribution in [3.63, 3.8) is 0 Å². The molecule has 0 fully saturated rings. The zero-order valence-corrected chi connectivity index (χ0v) is 16.6. The number of rotatable bonds is 8. The Hall–Kier alpha value is -4.15. The number of benzene rings is 1. The van der Waals surface area contributed by atoms with Gasteiger partial charge < -0.3 is 25.8 Å². The van der Waals surface area contributed by atoms with Crippen molar-refractivity contribution in [3.05, 3.63) is 57.5 Å². The number of carbonyl (C=O) groups is 3. The van der Waals surface area contributed by atoms with E-state index >= 15 is 0 Å². The first-order chi connectivity index (χ1) is 14.7. The summed E-state index contributed by atoms with van der Waals surface area (Å²) in [7, 11) is 0. The number of nitrogens with two attached hydrogens (primary N) is 1. The van der Waals surface area contributed by atoms with Gasteiger partial charge in [0, 0.05) is 24.2 Å². The third-order valence-electron chi connectivity index (χ3n) is 4.79. The molecule has 31 heavy (non-hydrogen) atoms. The standard InChI is InChI=1S/C20H21N5O6/c1-10-8-14-16(18(29)24-20(21)23-14)25(10)9-11-2-4-12(5-3-11)17(28)22-13(19(30)31)6-7-15(26)27/h2-5,8,13H,6-7,9H2,1H3,(H,22,28)(H,26,27)(H,30,31)(H3,21,23,24,29). The van der Waals surface area contributed by atoms with Gasteiger partial charge in [-0.3, -0.25) is 19.4 Å². The fourth-order valence-corrected chi connectivity index (χ4v) is 3.23. The van der Waals surface area contributed by atoms with Crippen LogP contribution < -0.4 is 16.6 Å². The van der Waals surface area contributed by atoms with Crippen molar-refractivity contribution in [2.75, 3.05) is 5.73 Å². The predicted octanol–water partition coefficient (Wildman–Crippen LogP) is 0.711. The van der Waals surface area contributed by atoms with Crippen LogP contribution in [0.1, 0.15) is 34.5 Å². The molecule has 0 aliphatic rings. The smallest absolute Gasteiger partial charge is 0.326 e. The van der Waals surface area contributed by atoms with Gasteiger partial charge in [-0.25, -0.2) is 9.78 Å². The van der Waals surface area contributed by atoms with Crippen molar-refractivity contribution in [2.45, 2.75) is 32.4 Å². The number of aliphatic carboxylic acids is 2. The van der Waals surface area contributed by atoms with Gasteiger partial charge in [-0.05, 0) is 37.1 Å². The molecule has 3 aromatic rings. The monoisotopic (exact) mass is 427 g/mol. The van der Waals surface area contributed by atoms with Crippen LogP contribution in [-0.2, 0) is 16.1 Å². The number of aromatic nitrogens is 3. The van der Waals surface area contributed by atoms with Crippen molar-refractivity contribution in [3.8, 4) is 0 Å². The van der Waals surface area contributed by atoms with Crippen molar-refractivity contribution >= 4 is 34.8 Å². The highest BCUT2D eigenvalue weighted by Crippen LogP contribution is 2.17. The molecule has 1 atom stereocenters. The van der Waals surface area contributed by atoms with E-state index in [2.05, 4.69) is 15.3 Å². The van der Waals surface area contributed by atoms with Crippen molar-refractivity contribution < 1.29 is 24.6 Å². The molecule has 162 valence electrons. The second-order valence-electron chi connectivity index (χ2n) is 7.05. The van der Waals surface area contributed by atoms with Crippen molar-refractivity contribution in [1.29, 1.82) is 0 Å². The molecule has 11 heteroatoms. The molecule has 0 bridgehead atoms. The number of hydrogen-bond acceptors (Lipinski definition) is 6. The number of hydrogen-bond donors (Lipinski definition) is 5. The highest BCUT2D eigenvalue weighted by Gasteiger charge is 2.21. The summed E-state index contributed by atoms with van der Waals surface area (Å²) in [6.45, 7) is 2.19. The van der Waals surface area contributed by atoms with Crippen LogP contribution in [0.15, 0.2) is 35.1 Å². The van der Waals surface area contributed by atoms with E-state index in [1.807, 2.05) is 6.92 Å². The van der Waals surface area contributed by atoms with Crippen LogP contribution in [0.25, 0.3) is 11.0 Å². The van der Waals surface area contributed by atoms with E-state index in [0.717, 1.165) is 11.3 Å². The average molecular weight is 427 g/mol. The molecule has 6 N–H and O–H groups in total. The van der Waals surface area contributed by atoms with E-state index in [4.69, 9.17) is 10.8 Å². The molecule has 3 rings (SSSR count). The summed E-state index contributed by atoms with van der Waals surface area (Å²) in [6.07, 6.45) is -0.596. The van der Waals surface area contributed by atoms with Gasteiger partial charge in [0.1, 0.15) is 11.6 Å². The van der Waals surface area contributed by atoms with E-state index in [9.17, 15) is 24.3 Å². The molecule has 0 spiro atoms. The highest BCUT2D eigenvalue weighted by atomic mass is 16.4. The van der Waals surface area contributed by atoms with Gasteiger partial charge in [0.05, 0.1) is 5.52 Å². The number of nitrogens with one attached hydrogen (secondary N) is 2. The highest BCUT2D eigenvalue weighted by molar-refractivity contribution is 5.96. The first kappa shape index (κ1) is 21.6. The number of carboxylic acid groups (broad SMARTS) is 2. The quantitative estimate of drug-likeness (QED) is 0.348. The van der Waals surface area contributed by atoms with Crippen LogP contribution in [0.5, 0.6) is 0 Å². The Bertz CT molecular complexity index is 1210. The normalized spacial score (nSPS) is 11.9. The number of nitrogen functional groups attached to an aromatic ring is 1. The fourth-order valence-electron chi connectivity index (χ4n) is 3.23. The third kappa shape index (κ3) is 4.89. The second-order valence-corrected chi connectivity index (χ2v) is 7.05. The minimum absolute atomic E-state index is 0.0352. The molecule has 0 saturated heterocycles. The molecule has 0 saturated carbocycles. The average Bonchev–Trinajstić information content (AvgIpc) is 3.00. The topological polar surface area (TPSA) is 180 Å². The van der Waals surface area contributed by atoms with E-state index < -0.39 is 23.9 Å². The van der Waals surface area contributed by atoms with Gasteiger partial charge in [-0.2, -0.15) is 0 Å². The van der Waals surface area contributed by atoms with E-state index in [1.54, 1.807) is 22.8 Å². The number of anilines is 1. The number of aromatic amines is 1. The molecule has 1 unspecified atom stereocenters. The van der Waals surface area contributed by atoms with Crippen LogP contribution in [0.3, 0.4) is 0 Å².